The Morgan fingerprint density at radius 1 is 1.38 bits per heavy atom. The maximum atomic E-state index is 13.3. The number of amides is 1. The fraction of sp³-hybridized carbons (Fsp3) is 0.421. The van der Waals surface area contributed by atoms with E-state index < -0.39 is 12.1 Å². The maximum Gasteiger partial charge on any atom is 0.312 e. The van der Waals surface area contributed by atoms with Crippen LogP contribution in [0.15, 0.2) is 29.6 Å². The molecule has 1 fully saturated rings. The molecule has 0 radical (unpaired) electrons. The predicted octanol–water partition coefficient (Wildman–Crippen LogP) is 3.48. The Balaban J connectivity index is 1.52. The number of carbonyl (C=O) groups excluding carboxylic acids is 2. The van der Waals surface area contributed by atoms with Crippen LogP contribution in [-0.4, -0.2) is 29.0 Å². The Morgan fingerprint density at radius 3 is 2.88 bits per heavy atom. The van der Waals surface area contributed by atoms with Gasteiger partial charge in [-0.1, -0.05) is 25.0 Å². The van der Waals surface area contributed by atoms with Crippen molar-refractivity contribution in [3.63, 3.8) is 0 Å². The summed E-state index contributed by atoms with van der Waals surface area (Å²) < 4.78 is 18.5. The molecule has 7 heteroatoms. The van der Waals surface area contributed by atoms with Gasteiger partial charge in [-0.25, -0.2) is 9.37 Å². The number of hydrogen-bond donors (Lipinski definition) is 1. The second-order valence-electron chi connectivity index (χ2n) is 6.45. The van der Waals surface area contributed by atoms with Gasteiger partial charge in [0.1, 0.15) is 10.8 Å². The molecule has 1 aliphatic rings. The smallest absolute Gasteiger partial charge is 0.312 e. The molecule has 1 heterocycles. The number of rotatable bonds is 6. The highest BCUT2D eigenvalue weighted by atomic mass is 32.1. The van der Waals surface area contributed by atoms with Crippen LogP contribution in [-0.2, 0) is 20.7 Å². The third-order valence-electron chi connectivity index (χ3n) is 4.33. The first kappa shape index (κ1) is 18.5. The average molecular weight is 376 g/mol. The standard InChI is InChI=1S/C19H21FN2O3S/c1-12(18(24)21-15-7-2-3-8-15)25-17(23)10-16-11-26-19(22-16)13-5-4-6-14(20)9-13/h4-6,9,11-12,15H,2-3,7-8,10H2,1H3,(H,21,24)/t12-/m0/s1. The van der Waals surface area contributed by atoms with Gasteiger partial charge < -0.3 is 10.1 Å². The molecule has 0 spiro atoms. The van der Waals surface area contributed by atoms with Crippen LogP contribution in [0.2, 0.25) is 0 Å². The summed E-state index contributed by atoms with van der Waals surface area (Å²) in [6, 6.07) is 6.34. The van der Waals surface area contributed by atoms with Gasteiger partial charge in [0.2, 0.25) is 0 Å². The molecular weight excluding hydrogens is 355 g/mol. The minimum atomic E-state index is -0.829. The van der Waals surface area contributed by atoms with Crippen molar-refractivity contribution in [2.45, 2.75) is 51.2 Å². The second-order valence-corrected chi connectivity index (χ2v) is 7.31. The molecule has 1 saturated carbocycles. The maximum absolute atomic E-state index is 13.3. The first-order valence-electron chi connectivity index (χ1n) is 8.71. The van der Waals surface area contributed by atoms with E-state index in [9.17, 15) is 14.0 Å². The molecule has 1 aromatic carbocycles. The molecule has 1 amide bonds. The number of esters is 1. The van der Waals surface area contributed by atoms with Crippen molar-refractivity contribution >= 4 is 23.2 Å². The van der Waals surface area contributed by atoms with Gasteiger partial charge in [0.05, 0.1) is 12.1 Å². The van der Waals surface area contributed by atoms with Crippen molar-refractivity contribution in [1.29, 1.82) is 0 Å². The third-order valence-corrected chi connectivity index (χ3v) is 5.27. The summed E-state index contributed by atoms with van der Waals surface area (Å²) in [6.07, 6.45) is 3.35. The molecule has 3 rings (SSSR count). The summed E-state index contributed by atoms with van der Waals surface area (Å²) in [7, 11) is 0. The highest BCUT2D eigenvalue weighted by Crippen LogP contribution is 2.24. The highest BCUT2D eigenvalue weighted by molar-refractivity contribution is 7.13. The molecule has 0 saturated heterocycles. The van der Waals surface area contributed by atoms with E-state index in [2.05, 4.69) is 10.3 Å². The molecule has 5 nitrogen and oxygen atoms in total. The SMILES string of the molecule is C[C@H](OC(=O)Cc1csc(-c2cccc(F)c2)n1)C(=O)NC1CCCC1. The summed E-state index contributed by atoms with van der Waals surface area (Å²) in [6.45, 7) is 1.57. The Kier molecular flexibility index (Phi) is 5.98. The lowest BCUT2D eigenvalue weighted by Crippen LogP contribution is -2.41. The van der Waals surface area contributed by atoms with Gasteiger partial charge in [0.25, 0.3) is 5.91 Å². The number of nitrogens with zero attached hydrogens (tertiary/aromatic N) is 1. The van der Waals surface area contributed by atoms with Crippen molar-refractivity contribution < 1.29 is 18.7 Å². The Morgan fingerprint density at radius 2 is 2.15 bits per heavy atom. The Bertz CT molecular complexity index is 787. The van der Waals surface area contributed by atoms with Crippen LogP contribution in [0.3, 0.4) is 0 Å². The van der Waals surface area contributed by atoms with Crippen LogP contribution in [0.1, 0.15) is 38.3 Å². The van der Waals surface area contributed by atoms with Crippen LogP contribution < -0.4 is 5.32 Å². The van der Waals surface area contributed by atoms with E-state index in [1.807, 2.05) is 0 Å². The summed E-state index contributed by atoms with van der Waals surface area (Å²) in [5.74, 6) is -1.10. The summed E-state index contributed by atoms with van der Waals surface area (Å²) >= 11 is 1.33. The lowest BCUT2D eigenvalue weighted by molar-refractivity contribution is -0.154. The van der Waals surface area contributed by atoms with E-state index in [0.717, 1.165) is 25.7 Å². The zero-order chi connectivity index (χ0) is 18.5. The van der Waals surface area contributed by atoms with Crippen molar-refractivity contribution in [1.82, 2.24) is 10.3 Å². The lowest BCUT2D eigenvalue weighted by Gasteiger charge is -2.16. The van der Waals surface area contributed by atoms with Gasteiger partial charge in [0, 0.05) is 17.0 Å². The largest absolute Gasteiger partial charge is 0.452 e. The second kappa shape index (κ2) is 8.40. The van der Waals surface area contributed by atoms with Gasteiger partial charge in [-0.3, -0.25) is 9.59 Å². The van der Waals surface area contributed by atoms with Gasteiger partial charge in [-0.15, -0.1) is 11.3 Å². The average Bonchev–Trinajstić information content (AvgIpc) is 3.26. The van der Waals surface area contributed by atoms with E-state index in [4.69, 9.17) is 4.74 Å². The van der Waals surface area contributed by atoms with Crippen LogP contribution in [0.4, 0.5) is 4.39 Å². The highest BCUT2D eigenvalue weighted by Gasteiger charge is 2.23. The van der Waals surface area contributed by atoms with E-state index >= 15 is 0 Å². The first-order valence-corrected chi connectivity index (χ1v) is 9.59. The number of aromatic nitrogens is 1. The number of benzene rings is 1. The molecular formula is C19H21FN2O3S. The van der Waals surface area contributed by atoms with Crippen molar-refractivity contribution in [2.24, 2.45) is 0 Å². The molecule has 2 aromatic rings. The van der Waals surface area contributed by atoms with E-state index in [1.54, 1.807) is 24.4 Å². The van der Waals surface area contributed by atoms with E-state index in [0.29, 0.717) is 16.3 Å². The fourth-order valence-electron chi connectivity index (χ4n) is 2.97. The molecule has 0 unspecified atom stereocenters. The molecule has 138 valence electrons. The molecule has 1 atom stereocenters. The third kappa shape index (κ3) is 4.88. The predicted molar refractivity (Wildman–Crippen MR) is 97.2 cm³/mol. The molecule has 0 bridgehead atoms. The number of ether oxygens (including phenoxy) is 1. The number of halogens is 1. The van der Waals surface area contributed by atoms with Gasteiger partial charge in [-0.2, -0.15) is 0 Å². The summed E-state index contributed by atoms with van der Waals surface area (Å²) in [4.78, 5) is 28.5. The molecule has 26 heavy (non-hydrogen) atoms. The van der Waals surface area contributed by atoms with Crippen LogP contribution in [0.5, 0.6) is 0 Å². The number of thiazole rings is 1. The monoisotopic (exact) mass is 376 g/mol. The van der Waals surface area contributed by atoms with Crippen LogP contribution in [0, 0.1) is 5.82 Å². The van der Waals surface area contributed by atoms with E-state index in [-0.39, 0.29) is 24.2 Å². The fourth-order valence-corrected chi connectivity index (χ4v) is 3.79. The number of carbonyl (C=O) groups is 2. The topological polar surface area (TPSA) is 68.3 Å². The lowest BCUT2D eigenvalue weighted by atomic mass is 10.2. The van der Waals surface area contributed by atoms with Crippen molar-refractivity contribution in [3.8, 4) is 10.6 Å². The zero-order valence-corrected chi connectivity index (χ0v) is 15.4. The van der Waals surface area contributed by atoms with Crippen LogP contribution in [0.25, 0.3) is 10.6 Å². The first-order chi connectivity index (χ1) is 12.5. The minimum Gasteiger partial charge on any atom is -0.452 e. The summed E-state index contributed by atoms with van der Waals surface area (Å²) in [5.41, 5.74) is 1.21. The Labute approximate surface area is 155 Å². The zero-order valence-electron chi connectivity index (χ0n) is 14.5. The van der Waals surface area contributed by atoms with Gasteiger partial charge in [-0.05, 0) is 31.9 Å². The van der Waals surface area contributed by atoms with Crippen molar-refractivity contribution in [3.05, 3.63) is 41.2 Å². The summed E-state index contributed by atoms with van der Waals surface area (Å²) in [5, 5.41) is 5.29. The van der Waals surface area contributed by atoms with Gasteiger partial charge >= 0.3 is 5.97 Å². The molecule has 0 aliphatic heterocycles. The molecule has 1 N–H and O–H groups in total. The normalized spacial score (nSPS) is 15.6. The molecule has 1 aliphatic carbocycles. The van der Waals surface area contributed by atoms with Gasteiger partial charge in [0.15, 0.2) is 6.10 Å². The molecule has 1 aromatic heterocycles. The number of nitrogens with one attached hydrogen (secondary N) is 1. The van der Waals surface area contributed by atoms with Crippen LogP contribution >= 0.6 is 11.3 Å². The van der Waals surface area contributed by atoms with E-state index in [1.165, 1.54) is 23.5 Å². The quantitative estimate of drug-likeness (QED) is 0.784. The Hall–Kier alpha value is -2.28. The number of hydrogen-bond acceptors (Lipinski definition) is 5. The minimum absolute atomic E-state index is 0.0210. The van der Waals surface area contributed by atoms with Crippen molar-refractivity contribution in [2.75, 3.05) is 0 Å².